The van der Waals surface area contributed by atoms with Crippen molar-refractivity contribution in [3.63, 3.8) is 0 Å². The summed E-state index contributed by atoms with van der Waals surface area (Å²) in [7, 11) is 1.66. The van der Waals surface area contributed by atoms with Crippen molar-refractivity contribution in [3.05, 3.63) is 29.8 Å². The second kappa shape index (κ2) is 6.57. The second-order valence-corrected chi connectivity index (χ2v) is 5.13. The van der Waals surface area contributed by atoms with Gasteiger partial charge in [-0.05, 0) is 30.5 Å². The minimum absolute atomic E-state index is 0.0213. The van der Waals surface area contributed by atoms with Crippen LogP contribution in [0.2, 0.25) is 0 Å². The van der Waals surface area contributed by atoms with E-state index in [2.05, 4.69) is 5.32 Å². The van der Waals surface area contributed by atoms with Gasteiger partial charge in [0.15, 0.2) is 0 Å². The number of rotatable bonds is 5. The number of carbonyl (C=O) groups excluding carboxylic acids is 1. The van der Waals surface area contributed by atoms with E-state index in [1.165, 1.54) is 12.0 Å². The van der Waals surface area contributed by atoms with E-state index in [4.69, 9.17) is 10.5 Å². The first kappa shape index (κ1) is 13.9. The molecule has 0 aliphatic heterocycles. The van der Waals surface area contributed by atoms with Crippen molar-refractivity contribution in [1.29, 1.82) is 0 Å². The van der Waals surface area contributed by atoms with Crippen LogP contribution in [0.15, 0.2) is 24.3 Å². The van der Waals surface area contributed by atoms with Crippen molar-refractivity contribution in [2.75, 3.05) is 7.11 Å². The maximum absolute atomic E-state index is 11.4. The Morgan fingerprint density at radius 2 is 2.00 bits per heavy atom. The quantitative estimate of drug-likeness (QED) is 0.851. The molecule has 1 saturated carbocycles. The lowest BCUT2D eigenvalue weighted by Gasteiger charge is -2.30. The zero-order valence-corrected chi connectivity index (χ0v) is 11.4. The number of methoxy groups -OCH3 is 1. The van der Waals surface area contributed by atoms with E-state index in [0.29, 0.717) is 0 Å². The number of nitrogens with two attached hydrogens (primary N) is 1. The molecular weight excluding hydrogens is 240 g/mol. The lowest BCUT2D eigenvalue weighted by molar-refractivity contribution is -0.123. The fourth-order valence-corrected chi connectivity index (χ4v) is 2.71. The van der Waals surface area contributed by atoms with Gasteiger partial charge in [-0.1, -0.05) is 25.0 Å². The number of nitrogens with one attached hydrogen (secondary N) is 1. The van der Waals surface area contributed by atoms with Crippen molar-refractivity contribution in [3.8, 4) is 5.75 Å². The number of ether oxygens (including phenoxy) is 1. The molecule has 1 aromatic carbocycles. The Kier molecular flexibility index (Phi) is 4.80. The average molecular weight is 262 g/mol. The molecule has 1 fully saturated rings. The highest BCUT2D eigenvalue weighted by molar-refractivity contribution is 5.77. The van der Waals surface area contributed by atoms with Crippen LogP contribution in [0.5, 0.6) is 5.75 Å². The van der Waals surface area contributed by atoms with Crippen LogP contribution < -0.4 is 15.8 Å². The fraction of sp³-hybridized carbons (Fsp3) is 0.533. The first-order valence-corrected chi connectivity index (χ1v) is 6.86. The molecule has 104 valence electrons. The predicted octanol–water partition coefficient (Wildman–Crippen LogP) is 1.83. The third-order valence-corrected chi connectivity index (χ3v) is 3.86. The van der Waals surface area contributed by atoms with Gasteiger partial charge in [-0.3, -0.25) is 4.79 Å². The molecule has 1 aromatic rings. The Hall–Kier alpha value is -1.55. The van der Waals surface area contributed by atoms with Crippen LogP contribution in [0, 0.1) is 5.92 Å². The molecule has 0 aromatic heterocycles. The summed E-state index contributed by atoms with van der Waals surface area (Å²) in [6.45, 7) is 0.762. The van der Waals surface area contributed by atoms with Gasteiger partial charge in [0.1, 0.15) is 5.75 Å². The van der Waals surface area contributed by atoms with Crippen LogP contribution >= 0.6 is 0 Å². The minimum Gasteiger partial charge on any atom is -0.497 e. The summed E-state index contributed by atoms with van der Waals surface area (Å²) in [4.78, 5) is 11.4. The van der Waals surface area contributed by atoms with E-state index in [1.807, 2.05) is 24.3 Å². The van der Waals surface area contributed by atoms with Gasteiger partial charge in [0.05, 0.1) is 13.0 Å². The summed E-state index contributed by atoms with van der Waals surface area (Å²) < 4.78 is 5.13. The van der Waals surface area contributed by atoms with Gasteiger partial charge in [0.25, 0.3) is 0 Å². The lowest BCUT2D eigenvalue weighted by Crippen LogP contribution is -2.44. The molecule has 0 heterocycles. The maximum Gasteiger partial charge on any atom is 0.222 e. The Bertz CT molecular complexity index is 417. The Balaban J connectivity index is 1.90. The van der Waals surface area contributed by atoms with E-state index in [-0.39, 0.29) is 17.9 Å². The first-order valence-electron chi connectivity index (χ1n) is 6.86. The molecule has 2 atom stereocenters. The Morgan fingerprint density at radius 1 is 1.32 bits per heavy atom. The molecule has 0 saturated heterocycles. The fourth-order valence-electron chi connectivity index (χ4n) is 2.71. The van der Waals surface area contributed by atoms with E-state index >= 15 is 0 Å². The van der Waals surface area contributed by atoms with Crippen LogP contribution in [0.1, 0.15) is 31.2 Å². The van der Waals surface area contributed by atoms with Gasteiger partial charge in [-0.2, -0.15) is 0 Å². The standard InChI is InChI=1S/C15H22N2O2/c1-19-12-8-6-11(7-9-12)10-17-14-5-3-2-4-13(14)15(16)18/h6-9,13-14,17H,2-5,10H2,1H3,(H2,16,18). The largest absolute Gasteiger partial charge is 0.497 e. The van der Waals surface area contributed by atoms with Crippen LogP contribution in [0.3, 0.4) is 0 Å². The molecule has 4 heteroatoms. The van der Waals surface area contributed by atoms with E-state index in [1.54, 1.807) is 7.11 Å². The molecule has 2 unspecified atom stereocenters. The van der Waals surface area contributed by atoms with Gasteiger partial charge < -0.3 is 15.8 Å². The molecule has 0 bridgehead atoms. The van der Waals surface area contributed by atoms with Crippen molar-refractivity contribution in [2.24, 2.45) is 11.7 Å². The summed E-state index contributed by atoms with van der Waals surface area (Å²) in [6.07, 6.45) is 4.22. The van der Waals surface area contributed by atoms with Crippen LogP contribution in [0.4, 0.5) is 0 Å². The molecular formula is C15H22N2O2. The third-order valence-electron chi connectivity index (χ3n) is 3.86. The molecule has 3 N–H and O–H groups in total. The summed E-state index contributed by atoms with van der Waals surface area (Å²) in [5.74, 6) is 0.662. The highest BCUT2D eigenvalue weighted by atomic mass is 16.5. The average Bonchev–Trinajstić information content (AvgIpc) is 2.46. The zero-order valence-electron chi connectivity index (χ0n) is 11.4. The second-order valence-electron chi connectivity index (χ2n) is 5.13. The summed E-state index contributed by atoms with van der Waals surface area (Å²) in [6, 6.07) is 8.18. The molecule has 4 nitrogen and oxygen atoms in total. The number of benzene rings is 1. The smallest absolute Gasteiger partial charge is 0.222 e. The molecule has 1 aliphatic carbocycles. The van der Waals surface area contributed by atoms with Crippen molar-refractivity contribution < 1.29 is 9.53 Å². The minimum atomic E-state index is -0.174. The molecule has 19 heavy (non-hydrogen) atoms. The van der Waals surface area contributed by atoms with Crippen molar-refractivity contribution in [2.45, 2.75) is 38.3 Å². The van der Waals surface area contributed by atoms with Crippen LogP contribution in [-0.4, -0.2) is 19.1 Å². The van der Waals surface area contributed by atoms with Crippen molar-refractivity contribution in [1.82, 2.24) is 5.32 Å². The first-order chi connectivity index (χ1) is 9.20. The Labute approximate surface area is 114 Å². The summed E-state index contributed by atoms with van der Waals surface area (Å²) in [5, 5.41) is 3.47. The number of hydrogen-bond donors (Lipinski definition) is 2. The van der Waals surface area contributed by atoms with Gasteiger partial charge in [-0.15, -0.1) is 0 Å². The molecule has 0 spiro atoms. The zero-order chi connectivity index (χ0) is 13.7. The van der Waals surface area contributed by atoms with Gasteiger partial charge in [-0.25, -0.2) is 0 Å². The Morgan fingerprint density at radius 3 is 2.63 bits per heavy atom. The molecule has 1 aliphatic rings. The van der Waals surface area contributed by atoms with Gasteiger partial charge in [0.2, 0.25) is 5.91 Å². The lowest BCUT2D eigenvalue weighted by atomic mass is 9.84. The number of carbonyl (C=O) groups is 1. The molecule has 0 radical (unpaired) electrons. The SMILES string of the molecule is COc1ccc(CNC2CCCCC2C(N)=O)cc1. The van der Waals surface area contributed by atoms with Gasteiger partial charge in [0, 0.05) is 12.6 Å². The molecule has 2 rings (SSSR count). The number of amides is 1. The summed E-state index contributed by atoms with van der Waals surface area (Å²) >= 11 is 0. The highest BCUT2D eigenvalue weighted by Gasteiger charge is 2.28. The number of primary amides is 1. The van der Waals surface area contributed by atoms with Crippen LogP contribution in [-0.2, 0) is 11.3 Å². The van der Waals surface area contributed by atoms with Gasteiger partial charge >= 0.3 is 0 Å². The van der Waals surface area contributed by atoms with E-state index in [0.717, 1.165) is 31.6 Å². The van der Waals surface area contributed by atoms with E-state index in [9.17, 15) is 4.79 Å². The van der Waals surface area contributed by atoms with Crippen molar-refractivity contribution >= 4 is 5.91 Å². The number of hydrogen-bond acceptors (Lipinski definition) is 3. The summed E-state index contributed by atoms with van der Waals surface area (Å²) in [5.41, 5.74) is 6.66. The topological polar surface area (TPSA) is 64.3 Å². The van der Waals surface area contributed by atoms with Crippen LogP contribution in [0.25, 0.3) is 0 Å². The van der Waals surface area contributed by atoms with E-state index < -0.39 is 0 Å². The highest BCUT2D eigenvalue weighted by Crippen LogP contribution is 2.24. The predicted molar refractivity (Wildman–Crippen MR) is 74.8 cm³/mol. The molecule has 1 amide bonds. The maximum atomic E-state index is 11.4. The monoisotopic (exact) mass is 262 g/mol. The third kappa shape index (κ3) is 3.70. The normalized spacial score (nSPS) is 23.0.